The first kappa shape index (κ1) is 13.2. The highest BCUT2D eigenvalue weighted by Crippen LogP contribution is 2.34. The van der Waals surface area contributed by atoms with Crippen molar-refractivity contribution in [1.29, 1.82) is 0 Å². The summed E-state index contributed by atoms with van der Waals surface area (Å²) in [6.07, 6.45) is 3.31. The molecule has 1 unspecified atom stereocenters. The fraction of sp³-hybridized carbons (Fsp3) is 0.333. The monoisotopic (exact) mass is 337 g/mol. The summed E-state index contributed by atoms with van der Waals surface area (Å²) in [7, 11) is 0. The standard InChI is InChI=1S/C15H16BrNOS/c16-15-8-7-10(19-15)9-18-14-6-2-3-11-12(14)4-1-5-13(11)17/h2-3,6-8,13H,1,4-5,9,17H2. The summed E-state index contributed by atoms with van der Waals surface area (Å²) in [4.78, 5) is 1.23. The van der Waals surface area contributed by atoms with Gasteiger partial charge in [-0.2, -0.15) is 0 Å². The lowest BCUT2D eigenvalue weighted by Crippen LogP contribution is -2.18. The van der Waals surface area contributed by atoms with E-state index in [0.29, 0.717) is 6.61 Å². The lowest BCUT2D eigenvalue weighted by Gasteiger charge is -2.24. The number of hydrogen-bond donors (Lipinski definition) is 1. The molecule has 1 atom stereocenters. The van der Waals surface area contributed by atoms with Crippen LogP contribution < -0.4 is 10.5 Å². The van der Waals surface area contributed by atoms with Crippen molar-refractivity contribution in [2.24, 2.45) is 5.73 Å². The van der Waals surface area contributed by atoms with Crippen molar-refractivity contribution in [3.8, 4) is 5.75 Å². The highest BCUT2D eigenvalue weighted by molar-refractivity contribution is 9.11. The van der Waals surface area contributed by atoms with E-state index in [9.17, 15) is 0 Å². The molecule has 1 heterocycles. The fourth-order valence-electron chi connectivity index (χ4n) is 2.57. The molecule has 0 fully saturated rings. The first-order chi connectivity index (χ1) is 9.24. The van der Waals surface area contributed by atoms with Crippen LogP contribution in [0.1, 0.15) is 34.9 Å². The molecule has 1 aromatic heterocycles. The van der Waals surface area contributed by atoms with Crippen LogP contribution in [0.5, 0.6) is 5.75 Å². The van der Waals surface area contributed by atoms with Crippen molar-refractivity contribution in [2.75, 3.05) is 0 Å². The van der Waals surface area contributed by atoms with Gasteiger partial charge in [0.1, 0.15) is 12.4 Å². The maximum Gasteiger partial charge on any atom is 0.123 e. The van der Waals surface area contributed by atoms with Crippen LogP contribution in [0, 0.1) is 0 Å². The van der Waals surface area contributed by atoms with Gasteiger partial charge in [0, 0.05) is 10.9 Å². The van der Waals surface area contributed by atoms with E-state index >= 15 is 0 Å². The molecule has 2 nitrogen and oxygen atoms in total. The zero-order valence-corrected chi connectivity index (χ0v) is 13.0. The van der Waals surface area contributed by atoms with E-state index in [1.54, 1.807) is 11.3 Å². The number of rotatable bonds is 3. The Morgan fingerprint density at radius 3 is 3.00 bits per heavy atom. The van der Waals surface area contributed by atoms with Gasteiger partial charge in [-0.25, -0.2) is 0 Å². The Balaban J connectivity index is 1.79. The Bertz CT molecular complexity index is 581. The van der Waals surface area contributed by atoms with Gasteiger partial charge in [-0.1, -0.05) is 12.1 Å². The highest BCUT2D eigenvalue weighted by Gasteiger charge is 2.19. The third kappa shape index (κ3) is 2.86. The van der Waals surface area contributed by atoms with E-state index in [-0.39, 0.29) is 6.04 Å². The maximum atomic E-state index is 6.17. The first-order valence-corrected chi connectivity index (χ1v) is 8.09. The molecular formula is C15H16BrNOS. The third-order valence-corrected chi connectivity index (χ3v) is 5.11. The van der Waals surface area contributed by atoms with Crippen LogP contribution in [-0.2, 0) is 13.0 Å². The van der Waals surface area contributed by atoms with Gasteiger partial charge in [-0.05, 0) is 64.5 Å². The largest absolute Gasteiger partial charge is 0.488 e. The summed E-state index contributed by atoms with van der Waals surface area (Å²) in [6.45, 7) is 0.627. The summed E-state index contributed by atoms with van der Waals surface area (Å²) in [6, 6.07) is 10.6. The van der Waals surface area contributed by atoms with E-state index in [1.807, 2.05) is 6.07 Å². The minimum Gasteiger partial charge on any atom is -0.488 e. The Kier molecular flexibility index (Phi) is 3.91. The minimum atomic E-state index is 0.170. The number of nitrogens with two attached hydrogens (primary N) is 1. The average Bonchev–Trinajstić information content (AvgIpc) is 2.83. The van der Waals surface area contributed by atoms with Crippen molar-refractivity contribution in [1.82, 2.24) is 0 Å². The zero-order chi connectivity index (χ0) is 13.2. The molecule has 0 saturated carbocycles. The molecule has 19 heavy (non-hydrogen) atoms. The summed E-state index contributed by atoms with van der Waals surface area (Å²) < 4.78 is 7.13. The van der Waals surface area contributed by atoms with Crippen LogP contribution in [-0.4, -0.2) is 0 Å². The number of hydrogen-bond acceptors (Lipinski definition) is 3. The summed E-state index contributed by atoms with van der Waals surface area (Å²) in [5.74, 6) is 0.997. The number of halogens is 1. The molecule has 0 radical (unpaired) electrons. The summed E-state index contributed by atoms with van der Waals surface area (Å²) in [5, 5.41) is 0. The number of thiophene rings is 1. The lowest BCUT2D eigenvalue weighted by atomic mass is 9.88. The number of ether oxygens (including phenoxy) is 1. The van der Waals surface area contributed by atoms with E-state index < -0.39 is 0 Å². The normalized spacial score (nSPS) is 18.1. The van der Waals surface area contributed by atoms with E-state index in [1.165, 1.54) is 16.0 Å². The van der Waals surface area contributed by atoms with Crippen LogP contribution >= 0.6 is 27.3 Å². The molecule has 0 bridgehead atoms. The van der Waals surface area contributed by atoms with Gasteiger partial charge in [-0.3, -0.25) is 0 Å². The van der Waals surface area contributed by atoms with Gasteiger partial charge >= 0.3 is 0 Å². The second-order valence-corrected chi connectivity index (χ2v) is 7.36. The average molecular weight is 338 g/mol. The zero-order valence-electron chi connectivity index (χ0n) is 10.6. The molecule has 2 N–H and O–H groups in total. The predicted octanol–water partition coefficient (Wildman–Crippen LogP) is 4.43. The smallest absolute Gasteiger partial charge is 0.123 e. The third-order valence-electron chi connectivity index (χ3n) is 3.51. The summed E-state index contributed by atoms with van der Waals surface area (Å²) >= 11 is 5.18. The second-order valence-electron chi connectivity index (χ2n) is 4.82. The Morgan fingerprint density at radius 2 is 2.21 bits per heavy atom. The van der Waals surface area contributed by atoms with Gasteiger partial charge in [0.2, 0.25) is 0 Å². The number of benzene rings is 1. The molecule has 0 saturated heterocycles. The van der Waals surface area contributed by atoms with Crippen molar-refractivity contribution >= 4 is 27.3 Å². The molecule has 0 amide bonds. The van der Waals surface area contributed by atoms with Gasteiger partial charge in [-0.15, -0.1) is 11.3 Å². The number of fused-ring (bicyclic) bond motifs is 1. The molecule has 0 spiro atoms. The lowest BCUT2D eigenvalue weighted by molar-refractivity contribution is 0.304. The van der Waals surface area contributed by atoms with Gasteiger partial charge < -0.3 is 10.5 Å². The molecule has 4 heteroatoms. The van der Waals surface area contributed by atoms with Crippen LogP contribution in [0.4, 0.5) is 0 Å². The van der Waals surface area contributed by atoms with Gasteiger partial charge in [0.15, 0.2) is 0 Å². The molecule has 1 aliphatic rings. The second kappa shape index (κ2) is 5.65. The molecule has 1 aliphatic carbocycles. The molecule has 1 aromatic carbocycles. The Hall–Kier alpha value is -0.840. The minimum absolute atomic E-state index is 0.170. The van der Waals surface area contributed by atoms with Gasteiger partial charge in [0.25, 0.3) is 0 Å². The van der Waals surface area contributed by atoms with Crippen molar-refractivity contribution in [3.63, 3.8) is 0 Å². The quantitative estimate of drug-likeness (QED) is 0.899. The van der Waals surface area contributed by atoms with Crippen LogP contribution in [0.2, 0.25) is 0 Å². The highest BCUT2D eigenvalue weighted by atomic mass is 79.9. The van der Waals surface area contributed by atoms with E-state index in [0.717, 1.165) is 28.8 Å². The first-order valence-electron chi connectivity index (χ1n) is 6.48. The summed E-state index contributed by atoms with van der Waals surface area (Å²) in [5.41, 5.74) is 8.73. The van der Waals surface area contributed by atoms with E-state index in [4.69, 9.17) is 10.5 Å². The fourth-order valence-corrected chi connectivity index (χ4v) is 3.96. The van der Waals surface area contributed by atoms with E-state index in [2.05, 4.69) is 40.2 Å². The molecule has 2 aromatic rings. The van der Waals surface area contributed by atoms with Crippen molar-refractivity contribution in [2.45, 2.75) is 31.9 Å². The van der Waals surface area contributed by atoms with Crippen LogP contribution in [0.15, 0.2) is 34.1 Å². The van der Waals surface area contributed by atoms with Crippen LogP contribution in [0.25, 0.3) is 0 Å². The Labute approximate surface area is 125 Å². The Morgan fingerprint density at radius 1 is 1.32 bits per heavy atom. The van der Waals surface area contributed by atoms with Crippen LogP contribution in [0.3, 0.4) is 0 Å². The topological polar surface area (TPSA) is 35.2 Å². The molecule has 100 valence electrons. The molecule has 0 aliphatic heterocycles. The molecule has 3 rings (SSSR count). The van der Waals surface area contributed by atoms with Crippen molar-refractivity contribution < 1.29 is 4.74 Å². The predicted molar refractivity (Wildman–Crippen MR) is 82.7 cm³/mol. The van der Waals surface area contributed by atoms with Crippen molar-refractivity contribution in [3.05, 3.63) is 50.1 Å². The van der Waals surface area contributed by atoms with Gasteiger partial charge in [0.05, 0.1) is 3.79 Å². The maximum absolute atomic E-state index is 6.17. The SMILES string of the molecule is NC1CCCc2c(OCc3ccc(Br)s3)cccc21. The molecular weight excluding hydrogens is 322 g/mol.